The molecule has 0 amide bonds. The fourth-order valence-electron chi connectivity index (χ4n) is 3.60. The van der Waals surface area contributed by atoms with E-state index in [2.05, 4.69) is 55.4 Å². The van der Waals surface area contributed by atoms with Gasteiger partial charge in [-0.15, -0.1) is 0 Å². The number of hydrogen-bond acceptors (Lipinski definition) is 2. The minimum absolute atomic E-state index is 0.478. The van der Waals surface area contributed by atoms with Gasteiger partial charge in [-0.25, -0.2) is 0 Å². The SMILES string of the molecule is CCN(CCC(NC)c1ccccc1C)C1CCCC1. The molecule has 2 heteroatoms. The minimum atomic E-state index is 0.478. The molecule has 1 aliphatic rings. The maximum atomic E-state index is 3.50. The molecule has 0 spiro atoms. The molecule has 1 fully saturated rings. The molecular weight excluding hydrogens is 244 g/mol. The molecule has 1 unspecified atom stereocenters. The first-order valence-corrected chi connectivity index (χ1v) is 8.23. The van der Waals surface area contributed by atoms with Gasteiger partial charge < -0.3 is 10.2 Å². The Hall–Kier alpha value is -0.860. The van der Waals surface area contributed by atoms with Crippen LogP contribution in [0.1, 0.15) is 56.2 Å². The van der Waals surface area contributed by atoms with E-state index in [0.717, 1.165) is 6.04 Å². The molecule has 112 valence electrons. The molecule has 20 heavy (non-hydrogen) atoms. The monoisotopic (exact) mass is 274 g/mol. The predicted molar refractivity (Wildman–Crippen MR) is 87.1 cm³/mol. The molecule has 1 aliphatic carbocycles. The van der Waals surface area contributed by atoms with Crippen LogP contribution in [0.3, 0.4) is 0 Å². The Balaban J connectivity index is 1.94. The lowest BCUT2D eigenvalue weighted by molar-refractivity contribution is 0.199. The number of benzene rings is 1. The van der Waals surface area contributed by atoms with Crippen LogP contribution in [0.2, 0.25) is 0 Å². The van der Waals surface area contributed by atoms with Crippen LogP contribution in [0.5, 0.6) is 0 Å². The quantitative estimate of drug-likeness (QED) is 0.811. The predicted octanol–water partition coefficient (Wildman–Crippen LogP) is 3.91. The Morgan fingerprint density at radius 1 is 1.25 bits per heavy atom. The van der Waals surface area contributed by atoms with Crippen LogP contribution in [-0.2, 0) is 0 Å². The van der Waals surface area contributed by atoms with Gasteiger partial charge in [-0.3, -0.25) is 0 Å². The van der Waals surface area contributed by atoms with Crippen LogP contribution in [-0.4, -0.2) is 31.1 Å². The van der Waals surface area contributed by atoms with Crippen molar-refractivity contribution in [2.24, 2.45) is 0 Å². The van der Waals surface area contributed by atoms with Crippen molar-refractivity contribution < 1.29 is 0 Å². The van der Waals surface area contributed by atoms with Crippen molar-refractivity contribution >= 4 is 0 Å². The molecule has 0 aliphatic heterocycles. The van der Waals surface area contributed by atoms with E-state index in [-0.39, 0.29) is 0 Å². The second-order valence-electron chi connectivity index (χ2n) is 6.05. The summed E-state index contributed by atoms with van der Waals surface area (Å²) in [4.78, 5) is 2.69. The summed E-state index contributed by atoms with van der Waals surface area (Å²) in [5.41, 5.74) is 2.85. The van der Waals surface area contributed by atoms with Crippen molar-refractivity contribution in [2.75, 3.05) is 20.1 Å². The lowest BCUT2D eigenvalue weighted by atomic mass is 9.98. The smallest absolute Gasteiger partial charge is 0.0332 e. The highest BCUT2D eigenvalue weighted by atomic mass is 15.2. The van der Waals surface area contributed by atoms with Crippen molar-refractivity contribution in [3.05, 3.63) is 35.4 Å². The van der Waals surface area contributed by atoms with Crippen molar-refractivity contribution in [2.45, 2.75) is 58.0 Å². The van der Waals surface area contributed by atoms with Gasteiger partial charge in [0.25, 0.3) is 0 Å². The first kappa shape index (κ1) is 15.5. The average Bonchev–Trinajstić information content (AvgIpc) is 2.99. The van der Waals surface area contributed by atoms with E-state index in [1.54, 1.807) is 0 Å². The second kappa shape index (κ2) is 7.80. The Kier molecular flexibility index (Phi) is 6.06. The van der Waals surface area contributed by atoms with Crippen LogP contribution < -0.4 is 5.32 Å². The summed E-state index contributed by atoms with van der Waals surface area (Å²) in [6.45, 7) is 6.92. The van der Waals surface area contributed by atoms with Crippen molar-refractivity contribution in [1.29, 1.82) is 0 Å². The van der Waals surface area contributed by atoms with Gasteiger partial charge in [-0.1, -0.05) is 44.0 Å². The van der Waals surface area contributed by atoms with Crippen molar-refractivity contribution in [3.8, 4) is 0 Å². The number of nitrogens with one attached hydrogen (secondary N) is 1. The lowest BCUT2D eigenvalue weighted by Crippen LogP contribution is -2.35. The summed E-state index contributed by atoms with van der Waals surface area (Å²) in [6.07, 6.45) is 6.86. The van der Waals surface area contributed by atoms with Gasteiger partial charge in [-0.2, -0.15) is 0 Å². The molecular formula is C18H30N2. The standard InChI is InChI=1S/C18H30N2/c1-4-20(16-10-6-7-11-16)14-13-18(19-3)17-12-8-5-9-15(17)2/h5,8-9,12,16,18-19H,4,6-7,10-11,13-14H2,1-3H3. The molecule has 1 aromatic carbocycles. The van der Waals surface area contributed by atoms with Crippen LogP contribution in [0.4, 0.5) is 0 Å². The third-order valence-corrected chi connectivity index (χ3v) is 4.86. The van der Waals surface area contributed by atoms with E-state index in [1.165, 1.54) is 56.3 Å². The van der Waals surface area contributed by atoms with E-state index in [0.29, 0.717) is 6.04 Å². The second-order valence-corrected chi connectivity index (χ2v) is 6.05. The minimum Gasteiger partial charge on any atom is -0.313 e. The van der Waals surface area contributed by atoms with Crippen molar-refractivity contribution in [3.63, 3.8) is 0 Å². The largest absolute Gasteiger partial charge is 0.313 e. The van der Waals surface area contributed by atoms with E-state index >= 15 is 0 Å². The zero-order chi connectivity index (χ0) is 14.4. The third-order valence-electron chi connectivity index (χ3n) is 4.86. The van der Waals surface area contributed by atoms with Gasteiger partial charge in [0.2, 0.25) is 0 Å². The molecule has 2 nitrogen and oxygen atoms in total. The van der Waals surface area contributed by atoms with E-state index in [9.17, 15) is 0 Å². The summed E-state index contributed by atoms with van der Waals surface area (Å²) in [6, 6.07) is 10.1. The van der Waals surface area contributed by atoms with E-state index in [4.69, 9.17) is 0 Å². The summed E-state index contributed by atoms with van der Waals surface area (Å²) in [5.74, 6) is 0. The molecule has 1 saturated carbocycles. The molecule has 0 heterocycles. The molecule has 0 saturated heterocycles. The van der Waals surface area contributed by atoms with Crippen LogP contribution in [0, 0.1) is 6.92 Å². The summed E-state index contributed by atoms with van der Waals surface area (Å²) in [7, 11) is 2.09. The number of aryl methyl sites for hydroxylation is 1. The van der Waals surface area contributed by atoms with Crippen molar-refractivity contribution in [1.82, 2.24) is 10.2 Å². The highest BCUT2D eigenvalue weighted by molar-refractivity contribution is 5.28. The Bertz CT molecular complexity index is 396. The first-order valence-electron chi connectivity index (χ1n) is 8.23. The highest BCUT2D eigenvalue weighted by Gasteiger charge is 2.22. The van der Waals surface area contributed by atoms with E-state index in [1.807, 2.05) is 0 Å². The Morgan fingerprint density at radius 2 is 1.95 bits per heavy atom. The van der Waals surface area contributed by atoms with Gasteiger partial charge in [0.15, 0.2) is 0 Å². The highest BCUT2D eigenvalue weighted by Crippen LogP contribution is 2.25. The fourth-order valence-corrected chi connectivity index (χ4v) is 3.60. The van der Waals surface area contributed by atoms with Gasteiger partial charge in [0.1, 0.15) is 0 Å². The lowest BCUT2D eigenvalue weighted by Gasteiger charge is -2.29. The van der Waals surface area contributed by atoms with E-state index < -0.39 is 0 Å². The summed E-state index contributed by atoms with van der Waals surface area (Å²) in [5, 5.41) is 3.50. The summed E-state index contributed by atoms with van der Waals surface area (Å²) >= 11 is 0. The number of rotatable bonds is 7. The average molecular weight is 274 g/mol. The zero-order valence-corrected chi connectivity index (χ0v) is 13.4. The molecule has 1 aromatic rings. The number of hydrogen-bond donors (Lipinski definition) is 1. The Morgan fingerprint density at radius 3 is 2.55 bits per heavy atom. The maximum absolute atomic E-state index is 3.50. The topological polar surface area (TPSA) is 15.3 Å². The third kappa shape index (κ3) is 3.83. The molecule has 0 bridgehead atoms. The van der Waals surface area contributed by atoms with Crippen LogP contribution in [0.25, 0.3) is 0 Å². The zero-order valence-electron chi connectivity index (χ0n) is 13.4. The summed E-state index contributed by atoms with van der Waals surface area (Å²) < 4.78 is 0. The molecule has 1 atom stereocenters. The van der Waals surface area contributed by atoms with Gasteiger partial charge >= 0.3 is 0 Å². The molecule has 2 rings (SSSR count). The number of nitrogens with zero attached hydrogens (tertiary/aromatic N) is 1. The van der Waals surface area contributed by atoms with Gasteiger partial charge in [-0.05, 0) is 50.9 Å². The molecule has 0 aromatic heterocycles. The maximum Gasteiger partial charge on any atom is 0.0332 e. The molecule has 1 N–H and O–H groups in total. The van der Waals surface area contributed by atoms with Crippen LogP contribution >= 0.6 is 0 Å². The normalized spacial score (nSPS) is 17.8. The molecule has 0 radical (unpaired) electrons. The van der Waals surface area contributed by atoms with Gasteiger partial charge in [0.05, 0.1) is 0 Å². The fraction of sp³-hybridized carbons (Fsp3) is 0.667. The Labute approximate surface area is 124 Å². The van der Waals surface area contributed by atoms with Gasteiger partial charge in [0, 0.05) is 18.6 Å². The van der Waals surface area contributed by atoms with Crippen LogP contribution in [0.15, 0.2) is 24.3 Å². The first-order chi connectivity index (χ1) is 9.76.